The Morgan fingerprint density at radius 2 is 1.84 bits per heavy atom. The summed E-state index contributed by atoms with van der Waals surface area (Å²) in [4.78, 5) is 26.5. The third kappa shape index (κ3) is 3.43. The van der Waals surface area contributed by atoms with Gasteiger partial charge in [-0.15, -0.1) is 0 Å². The average molecular weight is 345 g/mol. The SMILES string of the molecule is O=C(OC1CCCCC1)C1CC(=O)N(c2ccc3c(c2)OCCO3)C1. The fourth-order valence-electron chi connectivity index (χ4n) is 3.76. The van der Waals surface area contributed by atoms with Gasteiger partial charge >= 0.3 is 5.97 Å². The van der Waals surface area contributed by atoms with Crippen LogP contribution in [0.25, 0.3) is 0 Å². The zero-order chi connectivity index (χ0) is 17.2. The van der Waals surface area contributed by atoms with Crippen LogP contribution in [0.4, 0.5) is 5.69 Å². The molecule has 6 nitrogen and oxygen atoms in total. The van der Waals surface area contributed by atoms with Gasteiger partial charge in [0.15, 0.2) is 11.5 Å². The van der Waals surface area contributed by atoms with E-state index in [1.807, 2.05) is 12.1 Å². The van der Waals surface area contributed by atoms with Crippen molar-refractivity contribution in [3.05, 3.63) is 18.2 Å². The molecular formula is C19H23NO5. The van der Waals surface area contributed by atoms with Gasteiger partial charge in [-0.25, -0.2) is 0 Å². The molecule has 0 radical (unpaired) electrons. The van der Waals surface area contributed by atoms with E-state index in [9.17, 15) is 9.59 Å². The molecule has 1 unspecified atom stereocenters. The maximum Gasteiger partial charge on any atom is 0.311 e. The summed E-state index contributed by atoms with van der Waals surface area (Å²) in [6, 6.07) is 5.45. The van der Waals surface area contributed by atoms with Gasteiger partial charge in [0.1, 0.15) is 19.3 Å². The summed E-state index contributed by atoms with van der Waals surface area (Å²) in [6.45, 7) is 1.40. The molecule has 1 aromatic carbocycles. The fourth-order valence-corrected chi connectivity index (χ4v) is 3.76. The van der Waals surface area contributed by atoms with Crippen molar-refractivity contribution in [1.29, 1.82) is 0 Å². The van der Waals surface area contributed by atoms with Gasteiger partial charge in [-0.2, -0.15) is 0 Å². The summed E-state index contributed by atoms with van der Waals surface area (Å²) >= 11 is 0. The Balaban J connectivity index is 1.42. The van der Waals surface area contributed by atoms with Crippen molar-refractivity contribution in [2.45, 2.75) is 44.6 Å². The number of carbonyl (C=O) groups is 2. The van der Waals surface area contributed by atoms with E-state index in [4.69, 9.17) is 14.2 Å². The van der Waals surface area contributed by atoms with Crippen LogP contribution in [-0.2, 0) is 14.3 Å². The molecule has 0 bridgehead atoms. The second-order valence-electron chi connectivity index (χ2n) is 6.93. The largest absolute Gasteiger partial charge is 0.486 e. The average Bonchev–Trinajstić information content (AvgIpc) is 3.04. The monoisotopic (exact) mass is 345 g/mol. The lowest BCUT2D eigenvalue weighted by Crippen LogP contribution is -2.29. The number of anilines is 1. The standard InChI is InChI=1S/C19H23NO5/c21-18-10-13(19(22)25-15-4-2-1-3-5-15)12-20(18)14-6-7-16-17(11-14)24-9-8-23-16/h6-7,11,13,15H,1-5,8-10,12H2. The van der Waals surface area contributed by atoms with E-state index < -0.39 is 0 Å². The molecular weight excluding hydrogens is 322 g/mol. The third-order valence-electron chi connectivity index (χ3n) is 5.13. The Hall–Kier alpha value is -2.24. The molecule has 6 heteroatoms. The van der Waals surface area contributed by atoms with Gasteiger partial charge < -0.3 is 19.1 Å². The number of hydrogen-bond donors (Lipinski definition) is 0. The van der Waals surface area contributed by atoms with E-state index >= 15 is 0 Å². The lowest BCUT2D eigenvalue weighted by molar-refractivity contribution is -0.155. The molecule has 0 N–H and O–H groups in total. The molecule has 4 rings (SSSR count). The topological polar surface area (TPSA) is 65.1 Å². The Labute approximate surface area is 147 Å². The van der Waals surface area contributed by atoms with Crippen molar-refractivity contribution in [1.82, 2.24) is 0 Å². The number of benzene rings is 1. The van der Waals surface area contributed by atoms with Crippen molar-refractivity contribution in [3.8, 4) is 11.5 Å². The summed E-state index contributed by atoms with van der Waals surface area (Å²) < 4.78 is 16.7. The highest BCUT2D eigenvalue weighted by Crippen LogP contribution is 2.36. The first-order valence-electron chi connectivity index (χ1n) is 9.11. The highest BCUT2D eigenvalue weighted by molar-refractivity contribution is 5.99. The van der Waals surface area contributed by atoms with Crippen molar-refractivity contribution < 1.29 is 23.8 Å². The molecule has 2 heterocycles. The van der Waals surface area contributed by atoms with Crippen LogP contribution in [0.15, 0.2) is 18.2 Å². The summed E-state index contributed by atoms with van der Waals surface area (Å²) in [5, 5.41) is 0. The summed E-state index contributed by atoms with van der Waals surface area (Å²) in [7, 11) is 0. The second kappa shape index (κ2) is 6.94. The zero-order valence-corrected chi connectivity index (χ0v) is 14.2. The fraction of sp³-hybridized carbons (Fsp3) is 0.579. The van der Waals surface area contributed by atoms with E-state index in [-0.39, 0.29) is 30.3 Å². The van der Waals surface area contributed by atoms with Crippen molar-refractivity contribution in [2.24, 2.45) is 5.92 Å². The molecule has 2 fully saturated rings. The zero-order valence-electron chi connectivity index (χ0n) is 14.2. The lowest BCUT2D eigenvalue weighted by Gasteiger charge is -2.24. The van der Waals surface area contributed by atoms with E-state index in [1.54, 1.807) is 11.0 Å². The van der Waals surface area contributed by atoms with Gasteiger partial charge in [0.05, 0.1) is 5.92 Å². The first-order chi connectivity index (χ1) is 12.2. The maximum atomic E-state index is 12.4. The number of esters is 1. The van der Waals surface area contributed by atoms with E-state index in [1.165, 1.54) is 6.42 Å². The Morgan fingerprint density at radius 1 is 1.08 bits per heavy atom. The van der Waals surface area contributed by atoms with Gasteiger partial charge in [-0.05, 0) is 37.8 Å². The Kier molecular flexibility index (Phi) is 4.51. The van der Waals surface area contributed by atoms with Crippen molar-refractivity contribution >= 4 is 17.6 Å². The molecule has 25 heavy (non-hydrogen) atoms. The van der Waals surface area contributed by atoms with E-state index in [0.29, 0.717) is 31.3 Å². The second-order valence-corrected chi connectivity index (χ2v) is 6.93. The van der Waals surface area contributed by atoms with Crippen LogP contribution >= 0.6 is 0 Å². The number of hydrogen-bond acceptors (Lipinski definition) is 5. The minimum absolute atomic E-state index is 0.0275. The number of amides is 1. The number of fused-ring (bicyclic) bond motifs is 1. The van der Waals surface area contributed by atoms with Crippen LogP contribution in [-0.4, -0.2) is 37.7 Å². The van der Waals surface area contributed by atoms with Crippen LogP contribution in [0.3, 0.4) is 0 Å². The van der Waals surface area contributed by atoms with Crippen LogP contribution in [0, 0.1) is 5.92 Å². The molecule has 0 spiro atoms. The van der Waals surface area contributed by atoms with Gasteiger partial charge in [0.25, 0.3) is 0 Å². The van der Waals surface area contributed by atoms with E-state index in [0.717, 1.165) is 31.4 Å². The number of ether oxygens (including phenoxy) is 3. The quantitative estimate of drug-likeness (QED) is 0.788. The summed E-state index contributed by atoms with van der Waals surface area (Å²) in [5.41, 5.74) is 0.738. The van der Waals surface area contributed by atoms with Crippen LogP contribution in [0.2, 0.25) is 0 Å². The third-order valence-corrected chi connectivity index (χ3v) is 5.13. The predicted molar refractivity (Wildman–Crippen MR) is 90.9 cm³/mol. The smallest absolute Gasteiger partial charge is 0.311 e. The highest BCUT2D eigenvalue weighted by Gasteiger charge is 2.37. The number of rotatable bonds is 3. The van der Waals surface area contributed by atoms with Gasteiger partial charge in [-0.1, -0.05) is 6.42 Å². The lowest BCUT2D eigenvalue weighted by atomic mass is 9.97. The molecule has 1 saturated heterocycles. The molecule has 3 aliphatic rings. The minimum Gasteiger partial charge on any atom is -0.486 e. The summed E-state index contributed by atoms with van der Waals surface area (Å²) in [5.74, 6) is 0.657. The Morgan fingerprint density at radius 3 is 2.64 bits per heavy atom. The predicted octanol–water partition coefficient (Wildman–Crippen LogP) is 2.69. The molecule has 1 aliphatic carbocycles. The van der Waals surface area contributed by atoms with Gasteiger partial charge in [0, 0.05) is 24.7 Å². The number of carbonyl (C=O) groups excluding carboxylic acids is 2. The van der Waals surface area contributed by atoms with Crippen LogP contribution in [0.5, 0.6) is 11.5 Å². The van der Waals surface area contributed by atoms with Crippen LogP contribution < -0.4 is 14.4 Å². The molecule has 1 amide bonds. The van der Waals surface area contributed by atoms with Gasteiger partial charge in [-0.3, -0.25) is 9.59 Å². The molecule has 0 aromatic heterocycles. The molecule has 1 saturated carbocycles. The van der Waals surface area contributed by atoms with Crippen LogP contribution in [0.1, 0.15) is 38.5 Å². The highest BCUT2D eigenvalue weighted by atomic mass is 16.6. The molecule has 1 aromatic rings. The van der Waals surface area contributed by atoms with Gasteiger partial charge in [0.2, 0.25) is 5.91 Å². The van der Waals surface area contributed by atoms with Crippen molar-refractivity contribution in [2.75, 3.05) is 24.7 Å². The summed E-state index contributed by atoms with van der Waals surface area (Å²) in [6.07, 6.45) is 5.57. The number of nitrogens with zero attached hydrogens (tertiary/aromatic N) is 1. The minimum atomic E-state index is -0.386. The first-order valence-corrected chi connectivity index (χ1v) is 9.11. The van der Waals surface area contributed by atoms with Crippen molar-refractivity contribution in [3.63, 3.8) is 0 Å². The Bertz CT molecular complexity index is 668. The first kappa shape index (κ1) is 16.2. The molecule has 1 atom stereocenters. The molecule has 2 aliphatic heterocycles. The maximum absolute atomic E-state index is 12.4. The van der Waals surface area contributed by atoms with E-state index in [2.05, 4.69) is 0 Å². The molecule has 134 valence electrons. The normalized spacial score (nSPS) is 23.6.